The average molecular weight is 443 g/mol. The number of amides is 2. The van der Waals surface area contributed by atoms with E-state index in [9.17, 15) is 4.79 Å². The van der Waals surface area contributed by atoms with Gasteiger partial charge in [-0.2, -0.15) is 0 Å². The van der Waals surface area contributed by atoms with Crippen molar-refractivity contribution in [1.29, 1.82) is 0 Å². The molecule has 0 spiro atoms. The van der Waals surface area contributed by atoms with Crippen LogP contribution < -0.4 is 5.32 Å². The van der Waals surface area contributed by atoms with E-state index in [1.54, 1.807) is 5.32 Å². The van der Waals surface area contributed by atoms with Gasteiger partial charge in [0.1, 0.15) is 6.03 Å². The normalized spacial score (nSPS) is 3.30. The van der Waals surface area contributed by atoms with Crippen LogP contribution >= 0.6 is 0 Å². The van der Waals surface area contributed by atoms with E-state index in [1.807, 2.05) is 0 Å². The van der Waals surface area contributed by atoms with Gasteiger partial charge in [0.2, 0.25) is 0 Å². The van der Waals surface area contributed by atoms with E-state index in [0.29, 0.717) is 0 Å². The third-order valence-electron chi connectivity index (χ3n) is 0.161. The predicted molar refractivity (Wildman–Crippen MR) is 24.6 cm³/mol. The maximum absolute atomic E-state index is 9.31. The SMILES string of the molecule is [CH2-]NC([NH-])=O.[CH3-].[Y].[Y].[Y].[Y]. The fourth-order valence-corrected chi connectivity index (χ4v) is 0. The Labute approximate surface area is 163 Å². The third kappa shape index (κ3) is 41.3. The minimum Gasteiger partial charge on any atom is -0.602 e. The van der Waals surface area contributed by atoms with Crippen LogP contribution in [0.15, 0.2) is 0 Å². The number of carbonyl (C=O) groups is 1. The molecule has 2 N–H and O–H groups in total. The molecule has 10 heavy (non-hydrogen) atoms. The molecule has 0 aromatic heterocycles. The van der Waals surface area contributed by atoms with E-state index in [1.165, 1.54) is 0 Å². The summed E-state index contributed by atoms with van der Waals surface area (Å²) in [6.45, 7) is 0. The van der Waals surface area contributed by atoms with Gasteiger partial charge >= 0.3 is 0 Å². The summed E-state index contributed by atoms with van der Waals surface area (Å²) in [6, 6.07) is -0.856. The third-order valence-corrected chi connectivity index (χ3v) is 0.161. The molecule has 0 saturated heterocycles. The molecule has 0 aromatic rings. The summed E-state index contributed by atoms with van der Waals surface area (Å²) in [5, 5.41) is 1.81. The van der Waals surface area contributed by atoms with Crippen LogP contribution in [0.5, 0.6) is 0 Å². The number of rotatable bonds is 0. The number of urea groups is 1. The van der Waals surface area contributed by atoms with Crippen LogP contribution in [0.4, 0.5) is 4.79 Å². The van der Waals surface area contributed by atoms with Gasteiger partial charge in [-0.3, -0.25) is 0 Å². The fraction of sp³-hybridized carbons (Fsp3) is 0. The van der Waals surface area contributed by atoms with Crippen molar-refractivity contribution in [2.75, 3.05) is 0 Å². The van der Waals surface area contributed by atoms with E-state index in [0.717, 1.165) is 0 Å². The van der Waals surface area contributed by atoms with Gasteiger partial charge in [-0.15, -0.1) is 0 Å². The number of hydrogen-bond donors (Lipinski definition) is 1. The quantitative estimate of drug-likeness (QED) is 0.559. The van der Waals surface area contributed by atoms with E-state index in [2.05, 4.69) is 7.05 Å². The van der Waals surface area contributed by atoms with Gasteiger partial charge in [-0.25, -0.2) is 0 Å². The Bertz CT molecular complexity index is 53.8. The number of hydrogen-bond acceptors (Lipinski definition) is 1. The average Bonchev–Trinajstić information content (AvgIpc) is 1.38. The van der Waals surface area contributed by atoms with Gasteiger partial charge in [0.25, 0.3) is 0 Å². The maximum atomic E-state index is 9.31. The number of carbonyl (C=O) groups excluding carboxylic acids is 1. The van der Waals surface area contributed by atoms with Crippen molar-refractivity contribution in [3.63, 3.8) is 0 Å². The zero-order valence-electron chi connectivity index (χ0n) is 5.92. The van der Waals surface area contributed by atoms with Crippen LogP contribution in [0.1, 0.15) is 0 Å². The topological polar surface area (TPSA) is 52.9 Å². The van der Waals surface area contributed by atoms with Gasteiger partial charge in [-0.1, -0.05) is 0 Å². The molecule has 7 heteroatoms. The monoisotopic (exact) mass is 443 g/mol. The van der Waals surface area contributed by atoms with Crippen molar-refractivity contribution >= 4 is 6.03 Å². The molecule has 2 amide bonds. The second kappa shape index (κ2) is 29.3. The fourth-order valence-electron chi connectivity index (χ4n) is 0. The Morgan fingerprint density at radius 2 is 1.30 bits per heavy atom. The molecule has 50 valence electrons. The summed E-state index contributed by atoms with van der Waals surface area (Å²) >= 11 is 0. The second-order valence-electron chi connectivity index (χ2n) is 0.506. The summed E-state index contributed by atoms with van der Waals surface area (Å²) in [4.78, 5) is 9.31. The van der Waals surface area contributed by atoms with E-state index in [-0.39, 0.29) is 138 Å². The first-order valence-corrected chi connectivity index (χ1v) is 1.06. The molecule has 0 aliphatic carbocycles. The minimum absolute atomic E-state index is 0. The van der Waals surface area contributed by atoms with Crippen LogP contribution in [0.3, 0.4) is 0 Å². The second-order valence-corrected chi connectivity index (χ2v) is 0.506. The Morgan fingerprint density at radius 1 is 1.20 bits per heavy atom. The summed E-state index contributed by atoms with van der Waals surface area (Å²) in [6.07, 6.45) is 0. The van der Waals surface area contributed by atoms with Gasteiger partial charge in [0, 0.05) is 131 Å². The van der Waals surface area contributed by atoms with Gasteiger partial charge in [0.05, 0.1) is 0 Å². The van der Waals surface area contributed by atoms with Crippen LogP contribution in [0, 0.1) is 14.5 Å². The molecule has 0 heterocycles. The number of nitrogens with one attached hydrogen (secondary N) is 2. The molecular weight excluding hydrogens is 436 g/mol. The van der Waals surface area contributed by atoms with Crippen molar-refractivity contribution in [3.05, 3.63) is 20.2 Å². The van der Waals surface area contributed by atoms with Gasteiger partial charge < -0.3 is 30.3 Å². The first-order valence-electron chi connectivity index (χ1n) is 1.06. The molecule has 0 aliphatic rings. The Balaban J connectivity index is -0.00000000800. The van der Waals surface area contributed by atoms with E-state index in [4.69, 9.17) is 5.73 Å². The molecule has 0 fully saturated rings. The molecular formula is C3H7N2OY4-3. The van der Waals surface area contributed by atoms with Crippen LogP contribution in [-0.2, 0) is 131 Å². The summed E-state index contributed by atoms with van der Waals surface area (Å²) in [7, 11) is 2.90. The van der Waals surface area contributed by atoms with Crippen molar-refractivity contribution in [2.45, 2.75) is 0 Å². The zero-order chi connectivity index (χ0) is 4.28. The first-order chi connectivity index (χ1) is 2.27. The van der Waals surface area contributed by atoms with Gasteiger partial charge in [0.15, 0.2) is 0 Å². The molecule has 0 rings (SSSR count). The van der Waals surface area contributed by atoms with Crippen LogP contribution in [0.2, 0.25) is 0 Å². The van der Waals surface area contributed by atoms with Crippen molar-refractivity contribution in [1.82, 2.24) is 5.32 Å². The Kier molecular flexibility index (Phi) is 109. The zero-order valence-corrected chi connectivity index (χ0v) is 17.3. The van der Waals surface area contributed by atoms with Crippen molar-refractivity contribution < 1.29 is 136 Å². The molecule has 0 aromatic carbocycles. The Morgan fingerprint density at radius 3 is 1.30 bits per heavy atom. The molecule has 4 radical (unpaired) electrons. The van der Waals surface area contributed by atoms with Gasteiger partial charge in [-0.05, 0) is 0 Å². The van der Waals surface area contributed by atoms with E-state index < -0.39 is 6.03 Å². The largest absolute Gasteiger partial charge is 0.602 e. The maximum Gasteiger partial charge on any atom is 0.121 e. The molecule has 0 atom stereocenters. The summed E-state index contributed by atoms with van der Waals surface area (Å²) < 4.78 is 0. The van der Waals surface area contributed by atoms with Crippen molar-refractivity contribution in [3.8, 4) is 0 Å². The molecule has 3 nitrogen and oxygen atoms in total. The Hall–Kier alpha value is 3.69. The first kappa shape index (κ1) is 37.3. The molecule has 0 aliphatic heterocycles. The molecule has 0 saturated carbocycles. The predicted octanol–water partition coefficient (Wildman–Crippen LogP) is 0.980. The minimum atomic E-state index is -0.856. The standard InChI is InChI=1S/C2H5N2O.CH3.4Y/c1-4-2(3)5;;;;;/h1H2,(H3,3,4,5);1H3;;;;/q2*-1;;;;/p-1. The smallest absolute Gasteiger partial charge is 0.121 e. The van der Waals surface area contributed by atoms with Crippen molar-refractivity contribution in [2.24, 2.45) is 0 Å². The van der Waals surface area contributed by atoms with Crippen LogP contribution in [-0.4, -0.2) is 6.03 Å². The summed E-state index contributed by atoms with van der Waals surface area (Å²) in [5.74, 6) is 0. The molecule has 0 bridgehead atoms. The molecule has 0 unspecified atom stereocenters. The van der Waals surface area contributed by atoms with Crippen LogP contribution in [0.25, 0.3) is 5.73 Å². The summed E-state index contributed by atoms with van der Waals surface area (Å²) in [5.41, 5.74) is 6.01. The van der Waals surface area contributed by atoms with E-state index >= 15 is 0 Å².